The fraction of sp³-hybridized carbons (Fsp3) is 0.500. The summed E-state index contributed by atoms with van der Waals surface area (Å²) in [5.74, 6) is -2.21. The third-order valence-electron chi connectivity index (χ3n) is 1.91. The van der Waals surface area contributed by atoms with Gasteiger partial charge in [-0.15, -0.1) is 10.2 Å². The molecule has 0 amide bonds. The van der Waals surface area contributed by atoms with Crippen LogP contribution >= 0.6 is 31.9 Å². The number of halogens is 8. The van der Waals surface area contributed by atoms with Crippen molar-refractivity contribution in [2.45, 2.75) is 25.8 Å². The molecule has 0 aromatic carbocycles. The zero-order valence-corrected chi connectivity index (χ0v) is 13.6. The third kappa shape index (κ3) is 5.23. The molecule has 0 fully saturated rings. The van der Waals surface area contributed by atoms with Crippen molar-refractivity contribution >= 4 is 31.9 Å². The molecule has 0 spiro atoms. The third-order valence-corrected chi connectivity index (χ3v) is 2.85. The second kappa shape index (κ2) is 6.93. The lowest BCUT2D eigenvalue weighted by molar-refractivity contribution is -0.145. The molecule has 6 nitrogen and oxygen atoms in total. The summed E-state index contributed by atoms with van der Waals surface area (Å²) in [5.41, 5.74) is 0. The molecule has 0 aliphatic rings. The second-order valence-corrected chi connectivity index (χ2v) is 4.89. The first-order valence-corrected chi connectivity index (χ1v) is 6.86. The predicted molar refractivity (Wildman–Crippen MR) is 67.5 cm³/mol. The molecule has 2 aromatic heterocycles. The van der Waals surface area contributed by atoms with E-state index in [2.05, 4.69) is 52.0 Å². The lowest BCUT2D eigenvalue weighted by atomic mass is 10.6. The van der Waals surface area contributed by atoms with Gasteiger partial charge < -0.3 is 0 Å². The van der Waals surface area contributed by atoms with E-state index in [0.717, 1.165) is 4.68 Å². The van der Waals surface area contributed by atoms with Crippen LogP contribution in [0.25, 0.3) is 0 Å². The summed E-state index contributed by atoms with van der Waals surface area (Å²) in [4.78, 5) is 6.20. The van der Waals surface area contributed by atoms with Crippen LogP contribution in [0.3, 0.4) is 0 Å². The van der Waals surface area contributed by atoms with Gasteiger partial charge in [0.05, 0.1) is 0 Å². The number of aryl methyl sites for hydroxylation is 1. The van der Waals surface area contributed by atoms with Gasteiger partial charge in [0.15, 0.2) is 4.73 Å². The first-order chi connectivity index (χ1) is 9.95. The van der Waals surface area contributed by atoms with E-state index in [1.807, 2.05) is 0 Å². The molecule has 22 heavy (non-hydrogen) atoms. The van der Waals surface area contributed by atoms with Gasteiger partial charge >= 0.3 is 12.4 Å². The van der Waals surface area contributed by atoms with Gasteiger partial charge in [-0.3, -0.25) is 5.10 Å². The van der Waals surface area contributed by atoms with Crippen LogP contribution in [0.1, 0.15) is 18.6 Å². The number of rotatable bonds is 1. The van der Waals surface area contributed by atoms with E-state index in [4.69, 9.17) is 0 Å². The molecule has 1 N–H and O–H groups in total. The van der Waals surface area contributed by atoms with Crippen molar-refractivity contribution in [2.24, 2.45) is 0 Å². The molecular weight excluding hydrogens is 454 g/mol. The highest BCUT2D eigenvalue weighted by molar-refractivity contribution is 9.10. The van der Waals surface area contributed by atoms with Crippen LogP contribution in [0.5, 0.6) is 0 Å². The van der Waals surface area contributed by atoms with Gasteiger partial charge in [0.2, 0.25) is 10.6 Å². The number of aromatic amines is 1. The first kappa shape index (κ1) is 18.9. The van der Waals surface area contributed by atoms with Crippen LogP contribution < -0.4 is 0 Å². The zero-order chi connectivity index (χ0) is 17.1. The molecule has 0 atom stereocenters. The van der Waals surface area contributed by atoms with Crippen LogP contribution in [-0.2, 0) is 18.9 Å². The van der Waals surface area contributed by atoms with Gasteiger partial charge in [0, 0.05) is 6.54 Å². The second-order valence-electron chi connectivity index (χ2n) is 3.47. The largest absolute Gasteiger partial charge is 0.453 e. The Morgan fingerprint density at radius 1 is 1.05 bits per heavy atom. The summed E-state index contributed by atoms with van der Waals surface area (Å²) in [6, 6.07) is 0. The predicted octanol–water partition coefficient (Wildman–Crippen LogP) is 3.67. The van der Waals surface area contributed by atoms with Crippen molar-refractivity contribution in [1.82, 2.24) is 29.9 Å². The summed E-state index contributed by atoms with van der Waals surface area (Å²) in [5, 5.41) is 8.09. The van der Waals surface area contributed by atoms with Gasteiger partial charge in [-0.1, -0.05) is 0 Å². The van der Waals surface area contributed by atoms with E-state index >= 15 is 0 Å². The van der Waals surface area contributed by atoms with Gasteiger partial charge in [0.25, 0.3) is 5.82 Å². The summed E-state index contributed by atoms with van der Waals surface area (Å²) in [7, 11) is 0. The highest BCUT2D eigenvalue weighted by Gasteiger charge is 2.36. The van der Waals surface area contributed by atoms with Crippen molar-refractivity contribution in [3.63, 3.8) is 0 Å². The lowest BCUT2D eigenvalue weighted by Gasteiger charge is -1.97. The van der Waals surface area contributed by atoms with Crippen LogP contribution in [0, 0.1) is 0 Å². The fourth-order valence-electron chi connectivity index (χ4n) is 1.01. The Labute approximate surface area is 135 Å². The Bertz CT molecular complexity index is 617. The van der Waals surface area contributed by atoms with Crippen molar-refractivity contribution in [1.29, 1.82) is 0 Å². The zero-order valence-electron chi connectivity index (χ0n) is 10.5. The SMILES string of the molecule is CCn1nc(C(F)(F)F)nc1Br.FC(F)(F)c1nc(Br)n[nH]1. The number of hydrogen-bond donors (Lipinski definition) is 1. The average molecular weight is 460 g/mol. The molecule has 0 aliphatic carbocycles. The average Bonchev–Trinajstić information content (AvgIpc) is 2.94. The molecule has 2 rings (SSSR count). The molecule has 0 radical (unpaired) electrons. The maximum Gasteiger partial charge on any atom is 0.453 e. The van der Waals surface area contributed by atoms with Crippen LogP contribution in [-0.4, -0.2) is 29.9 Å². The maximum atomic E-state index is 12.0. The number of alkyl halides is 6. The minimum Gasteiger partial charge on any atom is -0.254 e. The highest BCUT2D eigenvalue weighted by atomic mass is 79.9. The van der Waals surface area contributed by atoms with Crippen molar-refractivity contribution < 1.29 is 26.3 Å². The van der Waals surface area contributed by atoms with Gasteiger partial charge in [-0.25, -0.2) is 4.68 Å². The minimum absolute atomic E-state index is 0.0947. The molecule has 0 bridgehead atoms. The molecule has 0 unspecified atom stereocenters. The number of H-pyrrole nitrogens is 1. The van der Waals surface area contributed by atoms with E-state index in [0.29, 0.717) is 6.54 Å². The first-order valence-electron chi connectivity index (χ1n) is 5.27. The van der Waals surface area contributed by atoms with E-state index in [9.17, 15) is 26.3 Å². The Kier molecular flexibility index (Phi) is 5.95. The molecule has 2 aromatic rings. The fourth-order valence-corrected chi connectivity index (χ4v) is 1.78. The minimum atomic E-state index is -4.47. The number of nitrogens with one attached hydrogen (secondary N) is 1. The van der Waals surface area contributed by atoms with E-state index < -0.39 is 24.0 Å². The smallest absolute Gasteiger partial charge is 0.254 e. The van der Waals surface area contributed by atoms with Crippen molar-refractivity contribution in [2.75, 3.05) is 0 Å². The normalized spacial score (nSPS) is 12.0. The van der Waals surface area contributed by atoms with Crippen LogP contribution in [0.4, 0.5) is 26.3 Å². The van der Waals surface area contributed by atoms with E-state index in [1.165, 1.54) is 0 Å². The number of hydrogen-bond acceptors (Lipinski definition) is 4. The van der Waals surface area contributed by atoms with Gasteiger partial charge in [0.1, 0.15) is 0 Å². The Morgan fingerprint density at radius 2 is 1.64 bits per heavy atom. The van der Waals surface area contributed by atoms with E-state index in [1.54, 1.807) is 12.0 Å². The molecule has 0 aliphatic heterocycles. The summed E-state index contributed by atoms with van der Waals surface area (Å²) in [6.07, 6.45) is -8.91. The van der Waals surface area contributed by atoms with Crippen LogP contribution in [0.15, 0.2) is 9.47 Å². The van der Waals surface area contributed by atoms with Gasteiger partial charge in [-0.2, -0.15) is 36.3 Å². The Hall–Kier alpha value is -1.18. The van der Waals surface area contributed by atoms with E-state index in [-0.39, 0.29) is 9.47 Å². The van der Waals surface area contributed by atoms with Gasteiger partial charge in [-0.05, 0) is 38.8 Å². The maximum absolute atomic E-state index is 12.0. The number of nitrogens with zero attached hydrogens (tertiary/aromatic N) is 5. The molecule has 0 saturated heterocycles. The molecule has 0 saturated carbocycles. The summed E-state index contributed by atoms with van der Waals surface area (Å²) >= 11 is 5.53. The van der Waals surface area contributed by atoms with Crippen LogP contribution in [0.2, 0.25) is 0 Å². The number of aromatic nitrogens is 6. The summed E-state index contributed by atoms with van der Waals surface area (Å²) in [6.45, 7) is 2.03. The Morgan fingerprint density at radius 3 is 1.86 bits per heavy atom. The lowest BCUT2D eigenvalue weighted by Crippen LogP contribution is -2.08. The molecular formula is C8H6Br2F6N6. The quantitative estimate of drug-likeness (QED) is 0.660. The van der Waals surface area contributed by atoms with Crippen molar-refractivity contribution in [3.8, 4) is 0 Å². The monoisotopic (exact) mass is 458 g/mol. The molecule has 2 heterocycles. The summed E-state index contributed by atoms with van der Waals surface area (Å²) < 4.78 is 71.9. The topological polar surface area (TPSA) is 72.3 Å². The molecule has 14 heteroatoms. The highest BCUT2D eigenvalue weighted by Crippen LogP contribution is 2.27. The standard InChI is InChI=1S/C5H5BrF3N3.C3HBrF3N3/c1-2-12-4(6)10-3(11-12)5(7,8)9;4-2-8-1(9-10-2)3(5,6)7/h2H2,1H3;(H,8,9,10). The van der Waals surface area contributed by atoms with Crippen molar-refractivity contribution in [3.05, 3.63) is 21.1 Å². The Balaban J connectivity index is 0.000000224. The molecule has 124 valence electrons.